The van der Waals surface area contributed by atoms with Crippen LogP contribution in [0.5, 0.6) is 0 Å². The van der Waals surface area contributed by atoms with Gasteiger partial charge in [0.2, 0.25) is 0 Å². The zero-order chi connectivity index (χ0) is 11.9. The molecule has 3 heteroatoms. The van der Waals surface area contributed by atoms with E-state index >= 15 is 0 Å². The Morgan fingerprint density at radius 2 is 1.88 bits per heavy atom. The van der Waals surface area contributed by atoms with Crippen LogP contribution in [0.3, 0.4) is 0 Å². The number of carbonyl (C=O) groups excluding carboxylic acids is 2. The summed E-state index contributed by atoms with van der Waals surface area (Å²) in [6.07, 6.45) is 4.93. The Hall–Kier alpha value is -1.12. The fourth-order valence-corrected chi connectivity index (χ4v) is 2.89. The molecule has 0 heterocycles. The van der Waals surface area contributed by atoms with E-state index in [4.69, 9.17) is 4.74 Å². The van der Waals surface area contributed by atoms with Gasteiger partial charge >= 0.3 is 5.97 Å². The summed E-state index contributed by atoms with van der Waals surface area (Å²) < 4.78 is 5.32. The molecule has 88 valence electrons. The van der Waals surface area contributed by atoms with Crippen molar-refractivity contribution in [3.8, 4) is 0 Å². The van der Waals surface area contributed by atoms with E-state index in [1.165, 1.54) is 6.92 Å². The first kappa shape index (κ1) is 11.4. The lowest BCUT2D eigenvalue weighted by Gasteiger charge is -2.27. The van der Waals surface area contributed by atoms with Crippen molar-refractivity contribution in [2.75, 3.05) is 0 Å². The molecule has 2 bridgehead atoms. The number of hydrogen-bond donors (Lipinski definition) is 0. The molecule has 3 nitrogen and oxygen atoms in total. The molecule has 2 aliphatic carbocycles. The number of hydrogen-bond acceptors (Lipinski definition) is 3. The first-order chi connectivity index (χ1) is 7.50. The maximum Gasteiger partial charge on any atom is 0.302 e. The Balaban J connectivity index is 2.18. The number of fused-ring (bicyclic) bond motifs is 2. The third-order valence-corrected chi connectivity index (χ3v) is 3.59. The minimum absolute atomic E-state index is 0.0100. The van der Waals surface area contributed by atoms with Crippen molar-refractivity contribution in [2.24, 2.45) is 23.7 Å². The van der Waals surface area contributed by atoms with E-state index in [-0.39, 0.29) is 41.5 Å². The minimum Gasteiger partial charge on any atom is -0.461 e. The summed E-state index contributed by atoms with van der Waals surface area (Å²) in [5.41, 5.74) is 0. The largest absolute Gasteiger partial charge is 0.461 e. The van der Waals surface area contributed by atoms with Crippen LogP contribution in [0.15, 0.2) is 12.2 Å². The standard InChI is InChI=1S/C13H18O3/c1-7(2)12(15)11-9-4-5-10(6-9)13(11)16-8(3)14/h4-5,7,9-11,13H,6H2,1-3H3. The molecule has 4 unspecified atom stereocenters. The smallest absolute Gasteiger partial charge is 0.302 e. The van der Waals surface area contributed by atoms with Gasteiger partial charge in [-0.1, -0.05) is 26.0 Å². The van der Waals surface area contributed by atoms with Crippen molar-refractivity contribution >= 4 is 11.8 Å². The average molecular weight is 222 g/mol. The fourth-order valence-electron chi connectivity index (χ4n) is 2.89. The first-order valence-electron chi connectivity index (χ1n) is 5.90. The van der Waals surface area contributed by atoms with Crippen LogP contribution in [-0.2, 0) is 14.3 Å². The van der Waals surface area contributed by atoms with Crippen LogP contribution in [0.4, 0.5) is 0 Å². The number of ether oxygens (including phenoxy) is 1. The van der Waals surface area contributed by atoms with Crippen molar-refractivity contribution in [1.29, 1.82) is 0 Å². The van der Waals surface area contributed by atoms with Crippen molar-refractivity contribution in [3.05, 3.63) is 12.2 Å². The van der Waals surface area contributed by atoms with Gasteiger partial charge in [-0.05, 0) is 12.3 Å². The molecule has 1 fully saturated rings. The van der Waals surface area contributed by atoms with Crippen LogP contribution < -0.4 is 0 Å². The summed E-state index contributed by atoms with van der Waals surface area (Å²) in [5, 5.41) is 0. The first-order valence-corrected chi connectivity index (χ1v) is 5.90. The number of ketones is 1. The maximum atomic E-state index is 12.1. The van der Waals surface area contributed by atoms with Crippen LogP contribution in [0.1, 0.15) is 27.2 Å². The lowest BCUT2D eigenvalue weighted by atomic mass is 9.83. The molecule has 0 spiro atoms. The highest BCUT2D eigenvalue weighted by atomic mass is 16.5. The van der Waals surface area contributed by atoms with E-state index in [1.54, 1.807) is 0 Å². The maximum absolute atomic E-state index is 12.1. The van der Waals surface area contributed by atoms with E-state index in [9.17, 15) is 9.59 Å². The molecule has 0 aromatic heterocycles. The molecule has 16 heavy (non-hydrogen) atoms. The summed E-state index contributed by atoms with van der Waals surface area (Å²) in [7, 11) is 0. The van der Waals surface area contributed by atoms with E-state index < -0.39 is 0 Å². The van der Waals surface area contributed by atoms with Crippen molar-refractivity contribution < 1.29 is 14.3 Å². The Morgan fingerprint density at radius 3 is 2.44 bits per heavy atom. The summed E-state index contributed by atoms with van der Waals surface area (Å²) in [4.78, 5) is 23.2. The quantitative estimate of drug-likeness (QED) is 0.541. The van der Waals surface area contributed by atoms with Crippen molar-refractivity contribution in [1.82, 2.24) is 0 Å². The number of esters is 1. The zero-order valence-corrected chi connectivity index (χ0v) is 9.97. The Kier molecular flexibility index (Phi) is 2.87. The Labute approximate surface area is 95.9 Å². The highest BCUT2D eigenvalue weighted by Gasteiger charge is 2.50. The Morgan fingerprint density at radius 1 is 1.25 bits per heavy atom. The summed E-state index contributed by atoms with van der Waals surface area (Å²) in [6.45, 7) is 5.22. The van der Waals surface area contributed by atoms with Gasteiger partial charge in [0, 0.05) is 18.8 Å². The van der Waals surface area contributed by atoms with E-state index in [0.717, 1.165) is 6.42 Å². The topological polar surface area (TPSA) is 43.4 Å². The van der Waals surface area contributed by atoms with E-state index in [0.29, 0.717) is 0 Å². The minimum atomic E-state index is -0.285. The summed E-state index contributed by atoms with van der Waals surface area (Å²) >= 11 is 0. The molecule has 1 saturated carbocycles. The molecule has 0 aromatic rings. The predicted octanol–water partition coefficient (Wildman–Crippen LogP) is 1.97. The number of carbonyl (C=O) groups is 2. The second-order valence-electron chi connectivity index (χ2n) is 5.11. The van der Waals surface area contributed by atoms with Gasteiger partial charge in [0.25, 0.3) is 0 Å². The molecule has 0 saturated heterocycles. The van der Waals surface area contributed by atoms with Gasteiger partial charge in [0.15, 0.2) is 0 Å². The molecular weight excluding hydrogens is 204 g/mol. The predicted molar refractivity (Wildman–Crippen MR) is 59.6 cm³/mol. The average Bonchev–Trinajstić information content (AvgIpc) is 2.75. The molecule has 0 amide bonds. The second kappa shape index (κ2) is 4.04. The normalized spacial score (nSPS) is 35.8. The van der Waals surface area contributed by atoms with Gasteiger partial charge in [-0.25, -0.2) is 0 Å². The van der Waals surface area contributed by atoms with Gasteiger partial charge < -0.3 is 4.74 Å². The molecule has 0 N–H and O–H groups in total. The van der Waals surface area contributed by atoms with Crippen LogP contribution in [0.2, 0.25) is 0 Å². The molecule has 0 radical (unpaired) electrons. The highest BCUT2D eigenvalue weighted by Crippen LogP contribution is 2.46. The molecule has 0 aromatic carbocycles. The van der Waals surface area contributed by atoms with Gasteiger partial charge in [-0.3, -0.25) is 9.59 Å². The highest BCUT2D eigenvalue weighted by molar-refractivity contribution is 5.85. The van der Waals surface area contributed by atoms with Crippen LogP contribution >= 0.6 is 0 Å². The van der Waals surface area contributed by atoms with Crippen LogP contribution in [-0.4, -0.2) is 17.9 Å². The molecule has 2 aliphatic rings. The second-order valence-corrected chi connectivity index (χ2v) is 5.11. The third-order valence-electron chi connectivity index (χ3n) is 3.59. The molecule has 4 atom stereocenters. The monoisotopic (exact) mass is 222 g/mol. The Bertz CT molecular complexity index is 343. The van der Waals surface area contributed by atoms with Gasteiger partial charge in [-0.15, -0.1) is 0 Å². The van der Waals surface area contributed by atoms with E-state index in [1.807, 2.05) is 13.8 Å². The summed E-state index contributed by atoms with van der Waals surface area (Å²) in [5.74, 6) is 0.371. The third kappa shape index (κ3) is 1.79. The molecule has 2 rings (SSSR count). The van der Waals surface area contributed by atoms with Gasteiger partial charge in [-0.2, -0.15) is 0 Å². The molecule has 0 aliphatic heterocycles. The van der Waals surface area contributed by atoms with Crippen LogP contribution in [0.25, 0.3) is 0 Å². The lowest BCUT2D eigenvalue weighted by molar-refractivity contribution is -0.152. The fraction of sp³-hybridized carbons (Fsp3) is 0.692. The van der Waals surface area contributed by atoms with E-state index in [2.05, 4.69) is 12.2 Å². The lowest BCUT2D eigenvalue weighted by Crippen LogP contribution is -2.37. The van der Waals surface area contributed by atoms with Crippen molar-refractivity contribution in [3.63, 3.8) is 0 Å². The number of rotatable bonds is 3. The van der Waals surface area contributed by atoms with Gasteiger partial charge in [0.05, 0.1) is 5.92 Å². The van der Waals surface area contributed by atoms with Gasteiger partial charge in [0.1, 0.15) is 11.9 Å². The number of allylic oxidation sites excluding steroid dienone is 1. The summed E-state index contributed by atoms with van der Waals surface area (Å²) in [6, 6.07) is 0. The SMILES string of the molecule is CC(=O)OC1C2C=CC(C2)C1C(=O)C(C)C. The van der Waals surface area contributed by atoms with Crippen LogP contribution in [0, 0.1) is 23.7 Å². The zero-order valence-electron chi connectivity index (χ0n) is 9.97. The number of Topliss-reactive ketones (excluding diaryl/α,β-unsaturated/α-hetero) is 1. The van der Waals surface area contributed by atoms with Crippen molar-refractivity contribution in [2.45, 2.75) is 33.3 Å². The molecular formula is C13H18O3.